The van der Waals surface area contributed by atoms with Crippen LogP contribution in [0.4, 0.5) is 8.78 Å². The molecule has 1 fully saturated rings. The standard InChI is InChI=1S/C29H30F2N4O3/c1-17(2)38-26-11-9-19(16-32-26)27-21-13-18(8-10-25(21)34-35-27)28(37)33-29(12-4-5-20(36)14-29)15-22-23(30)6-3-7-24(22)31/h3,6-11,13,16-17,20,36H,4-5,12,14-15H2,1-2H3,(H,33,37)(H,34,35)/t20-,29-/m0/s1. The minimum Gasteiger partial charge on any atom is -0.475 e. The Morgan fingerprint density at radius 1 is 1.21 bits per heavy atom. The lowest BCUT2D eigenvalue weighted by Gasteiger charge is -2.40. The number of aromatic nitrogens is 3. The second kappa shape index (κ2) is 10.5. The molecule has 0 aliphatic heterocycles. The van der Waals surface area contributed by atoms with E-state index in [1.807, 2.05) is 19.9 Å². The molecule has 2 aromatic carbocycles. The Balaban J connectivity index is 1.44. The first kappa shape index (κ1) is 25.8. The highest BCUT2D eigenvalue weighted by atomic mass is 19.1. The second-order valence-electron chi connectivity index (χ2n) is 10.2. The van der Waals surface area contributed by atoms with Gasteiger partial charge in [-0.1, -0.05) is 6.07 Å². The lowest BCUT2D eigenvalue weighted by Crippen LogP contribution is -2.54. The lowest BCUT2D eigenvalue weighted by molar-refractivity contribution is 0.0600. The fourth-order valence-electron chi connectivity index (χ4n) is 5.21. The number of pyridine rings is 1. The molecule has 0 bridgehead atoms. The van der Waals surface area contributed by atoms with Crippen LogP contribution in [-0.2, 0) is 6.42 Å². The third-order valence-corrected chi connectivity index (χ3v) is 6.97. The van der Waals surface area contributed by atoms with E-state index in [1.54, 1.807) is 30.5 Å². The van der Waals surface area contributed by atoms with Gasteiger partial charge in [0.2, 0.25) is 5.88 Å². The van der Waals surface area contributed by atoms with Gasteiger partial charge >= 0.3 is 0 Å². The molecule has 0 spiro atoms. The zero-order valence-electron chi connectivity index (χ0n) is 21.3. The number of aromatic amines is 1. The zero-order chi connectivity index (χ0) is 26.9. The average Bonchev–Trinajstić information content (AvgIpc) is 3.30. The highest BCUT2D eigenvalue weighted by Gasteiger charge is 2.39. The first-order valence-corrected chi connectivity index (χ1v) is 12.8. The fraction of sp³-hybridized carbons (Fsp3) is 0.345. The number of hydrogen-bond acceptors (Lipinski definition) is 5. The van der Waals surface area contributed by atoms with Gasteiger partial charge in [0.05, 0.1) is 17.7 Å². The summed E-state index contributed by atoms with van der Waals surface area (Å²) in [6.45, 7) is 3.85. The van der Waals surface area contributed by atoms with E-state index in [0.717, 1.165) is 16.5 Å². The van der Waals surface area contributed by atoms with Gasteiger partial charge < -0.3 is 15.2 Å². The quantitative estimate of drug-likeness (QED) is 0.306. The summed E-state index contributed by atoms with van der Waals surface area (Å²) >= 11 is 0. The van der Waals surface area contributed by atoms with Gasteiger partial charge in [0.15, 0.2) is 0 Å². The van der Waals surface area contributed by atoms with E-state index in [2.05, 4.69) is 20.5 Å². The van der Waals surface area contributed by atoms with Crippen LogP contribution in [0.2, 0.25) is 0 Å². The Labute approximate surface area is 219 Å². The molecule has 4 aromatic rings. The number of aliphatic hydroxyl groups is 1. The van der Waals surface area contributed by atoms with E-state index in [1.165, 1.54) is 18.2 Å². The number of benzene rings is 2. The molecule has 9 heteroatoms. The van der Waals surface area contributed by atoms with Crippen molar-refractivity contribution < 1.29 is 23.4 Å². The topological polar surface area (TPSA) is 100 Å². The number of fused-ring (bicyclic) bond motifs is 1. The average molecular weight is 521 g/mol. The molecule has 2 heterocycles. The Bertz CT molecular complexity index is 1430. The summed E-state index contributed by atoms with van der Waals surface area (Å²) < 4.78 is 34.7. The number of hydrogen-bond donors (Lipinski definition) is 3. The van der Waals surface area contributed by atoms with Crippen LogP contribution >= 0.6 is 0 Å². The number of rotatable bonds is 7. The highest BCUT2D eigenvalue weighted by Crippen LogP contribution is 2.34. The van der Waals surface area contributed by atoms with Gasteiger partial charge in [-0.05, 0) is 75.9 Å². The number of amides is 1. The van der Waals surface area contributed by atoms with Gasteiger partial charge in [-0.3, -0.25) is 9.89 Å². The Kier molecular flexibility index (Phi) is 7.12. The smallest absolute Gasteiger partial charge is 0.251 e. The third-order valence-electron chi connectivity index (χ3n) is 6.97. The predicted molar refractivity (Wildman–Crippen MR) is 140 cm³/mol. The number of carbonyl (C=O) groups is 1. The molecule has 0 saturated heterocycles. The first-order valence-electron chi connectivity index (χ1n) is 12.8. The molecular weight excluding hydrogens is 490 g/mol. The van der Waals surface area contributed by atoms with Crippen molar-refractivity contribution >= 4 is 16.8 Å². The molecule has 3 N–H and O–H groups in total. The monoisotopic (exact) mass is 520 g/mol. The highest BCUT2D eigenvalue weighted by molar-refractivity contribution is 6.01. The van der Waals surface area contributed by atoms with Crippen LogP contribution in [0.3, 0.4) is 0 Å². The van der Waals surface area contributed by atoms with Gasteiger partial charge in [-0.25, -0.2) is 13.8 Å². The predicted octanol–water partition coefficient (Wildman–Crippen LogP) is 5.34. The largest absolute Gasteiger partial charge is 0.475 e. The van der Waals surface area contributed by atoms with Gasteiger partial charge in [0.25, 0.3) is 5.91 Å². The Hall–Kier alpha value is -3.85. The van der Waals surface area contributed by atoms with Crippen molar-refractivity contribution in [3.8, 4) is 17.1 Å². The van der Waals surface area contributed by atoms with Crippen LogP contribution in [0.5, 0.6) is 5.88 Å². The summed E-state index contributed by atoms with van der Waals surface area (Å²) in [6.07, 6.45) is 2.87. The molecule has 5 rings (SSSR count). The van der Waals surface area contributed by atoms with Crippen LogP contribution in [0.25, 0.3) is 22.2 Å². The van der Waals surface area contributed by atoms with Crippen LogP contribution in [0.1, 0.15) is 55.5 Å². The Morgan fingerprint density at radius 3 is 2.68 bits per heavy atom. The summed E-state index contributed by atoms with van der Waals surface area (Å²) in [7, 11) is 0. The van der Waals surface area contributed by atoms with Gasteiger partial charge in [0, 0.05) is 46.3 Å². The number of halogens is 2. The van der Waals surface area contributed by atoms with Crippen molar-refractivity contribution in [1.29, 1.82) is 0 Å². The van der Waals surface area contributed by atoms with Crippen LogP contribution < -0.4 is 10.1 Å². The van der Waals surface area contributed by atoms with E-state index in [9.17, 15) is 18.7 Å². The molecule has 7 nitrogen and oxygen atoms in total. The van der Waals surface area contributed by atoms with Crippen molar-refractivity contribution in [1.82, 2.24) is 20.5 Å². The normalized spacial score (nSPS) is 19.6. The van der Waals surface area contributed by atoms with Crippen molar-refractivity contribution in [2.75, 3.05) is 0 Å². The maximum Gasteiger partial charge on any atom is 0.251 e. The molecular formula is C29H30F2N4O3. The van der Waals surface area contributed by atoms with Crippen LogP contribution in [0, 0.1) is 11.6 Å². The molecule has 0 unspecified atom stereocenters. The fourth-order valence-corrected chi connectivity index (χ4v) is 5.21. The maximum atomic E-state index is 14.5. The van der Waals surface area contributed by atoms with Gasteiger partial charge in [-0.2, -0.15) is 5.10 Å². The van der Waals surface area contributed by atoms with Crippen molar-refractivity contribution in [3.05, 3.63) is 77.5 Å². The van der Waals surface area contributed by atoms with Crippen LogP contribution in [0.15, 0.2) is 54.7 Å². The van der Waals surface area contributed by atoms with Crippen molar-refractivity contribution in [2.24, 2.45) is 0 Å². The van der Waals surface area contributed by atoms with E-state index >= 15 is 0 Å². The minimum atomic E-state index is -0.984. The molecule has 2 atom stereocenters. The maximum absolute atomic E-state index is 14.5. The van der Waals surface area contributed by atoms with Crippen molar-refractivity contribution in [3.63, 3.8) is 0 Å². The summed E-state index contributed by atoms with van der Waals surface area (Å²) in [6, 6.07) is 12.5. The number of aliphatic hydroxyl groups excluding tert-OH is 1. The summed E-state index contributed by atoms with van der Waals surface area (Å²) in [4.78, 5) is 17.9. The first-order chi connectivity index (χ1) is 18.2. The second-order valence-corrected chi connectivity index (χ2v) is 10.2. The molecule has 38 heavy (non-hydrogen) atoms. The number of ether oxygens (including phenoxy) is 1. The SMILES string of the molecule is CC(C)Oc1ccc(-c2n[nH]c3ccc(C(=O)N[C@@]4(Cc5c(F)cccc5F)CCC[C@H](O)C4)cc23)cn1. The van der Waals surface area contributed by atoms with Gasteiger partial charge in [-0.15, -0.1) is 0 Å². The number of nitrogens with one attached hydrogen (secondary N) is 2. The summed E-state index contributed by atoms with van der Waals surface area (Å²) in [5.41, 5.74) is 1.44. The van der Waals surface area contributed by atoms with E-state index in [0.29, 0.717) is 36.4 Å². The molecule has 1 aliphatic carbocycles. The molecule has 0 radical (unpaired) electrons. The van der Waals surface area contributed by atoms with Crippen molar-refractivity contribution in [2.45, 2.75) is 63.7 Å². The number of H-pyrrole nitrogens is 1. The molecule has 2 aromatic heterocycles. The summed E-state index contributed by atoms with van der Waals surface area (Å²) in [5, 5.41) is 21.6. The van der Waals surface area contributed by atoms with E-state index in [4.69, 9.17) is 4.74 Å². The molecule has 1 amide bonds. The summed E-state index contributed by atoms with van der Waals surface area (Å²) in [5.74, 6) is -1.21. The van der Waals surface area contributed by atoms with Gasteiger partial charge in [0.1, 0.15) is 17.3 Å². The molecule has 1 saturated carbocycles. The zero-order valence-corrected chi connectivity index (χ0v) is 21.3. The minimum absolute atomic E-state index is 0.00378. The van der Waals surface area contributed by atoms with E-state index in [-0.39, 0.29) is 30.4 Å². The number of nitrogens with zero attached hydrogens (tertiary/aromatic N) is 2. The number of carbonyl (C=O) groups excluding carboxylic acids is 1. The third kappa shape index (κ3) is 5.38. The molecule has 198 valence electrons. The Morgan fingerprint density at radius 2 is 2.00 bits per heavy atom. The van der Waals surface area contributed by atoms with Crippen LogP contribution in [-0.4, -0.2) is 43.9 Å². The molecule has 1 aliphatic rings. The lowest BCUT2D eigenvalue weighted by atomic mass is 9.75. The van der Waals surface area contributed by atoms with E-state index < -0.39 is 23.3 Å².